The van der Waals surface area contributed by atoms with Crippen molar-refractivity contribution in [1.29, 1.82) is 0 Å². The lowest BCUT2D eigenvalue weighted by Gasteiger charge is -2.03. The van der Waals surface area contributed by atoms with Gasteiger partial charge in [0.25, 0.3) is 0 Å². The van der Waals surface area contributed by atoms with Gasteiger partial charge in [-0.1, -0.05) is 25.7 Å². The lowest BCUT2D eigenvalue weighted by atomic mass is 10.2. The van der Waals surface area contributed by atoms with Crippen LogP contribution in [0.1, 0.15) is 44.9 Å². The Morgan fingerprint density at radius 2 is 1.86 bits per heavy atom. The molecule has 1 saturated carbocycles. The van der Waals surface area contributed by atoms with E-state index in [-0.39, 0.29) is 0 Å². The van der Waals surface area contributed by atoms with Gasteiger partial charge in [-0.15, -0.1) is 0 Å². The average molecular weight is 199 g/mol. The summed E-state index contributed by atoms with van der Waals surface area (Å²) >= 11 is 0. The van der Waals surface area contributed by atoms with E-state index in [0.717, 1.165) is 25.7 Å². The molecule has 1 rings (SSSR count). The van der Waals surface area contributed by atoms with Crippen LogP contribution in [0.2, 0.25) is 0 Å². The highest BCUT2D eigenvalue weighted by molar-refractivity contribution is 4.72. The van der Waals surface area contributed by atoms with Crippen LogP contribution >= 0.6 is 0 Å². The Balaban J connectivity index is 1.63. The van der Waals surface area contributed by atoms with Gasteiger partial charge in [-0.3, -0.25) is 0 Å². The molecule has 84 valence electrons. The normalized spacial score (nSPS) is 16.1. The first-order valence-corrected chi connectivity index (χ1v) is 6.16. The Morgan fingerprint density at radius 3 is 2.57 bits per heavy atom. The quantitative estimate of drug-likeness (QED) is 0.546. The molecule has 0 heterocycles. The number of unbranched alkanes of at least 4 members (excludes halogenated alkanes) is 3. The second kappa shape index (κ2) is 8.25. The molecular weight excluding hydrogens is 174 g/mol. The first kappa shape index (κ1) is 12.0. The standard InChI is InChI=1S/C12H25NO/c1-13-9-4-2-3-5-10-14-11-8-12-6-7-12/h12-13H,2-11H2,1H3. The molecule has 0 aromatic heterocycles. The molecule has 0 saturated heterocycles. The summed E-state index contributed by atoms with van der Waals surface area (Å²) in [6.07, 6.45) is 9.42. The van der Waals surface area contributed by atoms with Gasteiger partial charge in [0.05, 0.1) is 0 Å². The van der Waals surface area contributed by atoms with Crippen LogP contribution in [0.5, 0.6) is 0 Å². The maximum absolute atomic E-state index is 5.58. The molecule has 0 aromatic rings. The molecule has 1 aliphatic carbocycles. The first-order chi connectivity index (χ1) is 6.93. The molecule has 0 aromatic carbocycles. The van der Waals surface area contributed by atoms with E-state index in [1.54, 1.807) is 0 Å². The van der Waals surface area contributed by atoms with E-state index < -0.39 is 0 Å². The average Bonchev–Trinajstić information content (AvgIpc) is 2.99. The van der Waals surface area contributed by atoms with Gasteiger partial charge < -0.3 is 10.1 Å². The summed E-state index contributed by atoms with van der Waals surface area (Å²) in [5.74, 6) is 1.02. The predicted octanol–water partition coefficient (Wildman–Crippen LogP) is 2.58. The number of hydrogen-bond acceptors (Lipinski definition) is 2. The fourth-order valence-corrected chi connectivity index (χ4v) is 1.62. The summed E-state index contributed by atoms with van der Waals surface area (Å²) in [7, 11) is 2.01. The van der Waals surface area contributed by atoms with Gasteiger partial charge in [-0.05, 0) is 38.8 Å². The van der Waals surface area contributed by atoms with E-state index in [2.05, 4.69) is 5.32 Å². The second-order valence-corrected chi connectivity index (χ2v) is 4.36. The summed E-state index contributed by atoms with van der Waals surface area (Å²) in [5.41, 5.74) is 0. The van der Waals surface area contributed by atoms with Gasteiger partial charge in [0.2, 0.25) is 0 Å². The summed E-state index contributed by atoms with van der Waals surface area (Å²) < 4.78 is 5.58. The molecule has 0 radical (unpaired) electrons. The lowest BCUT2D eigenvalue weighted by Crippen LogP contribution is -2.07. The molecule has 0 spiro atoms. The number of hydrogen-bond donors (Lipinski definition) is 1. The van der Waals surface area contributed by atoms with Crippen molar-refractivity contribution >= 4 is 0 Å². The van der Waals surface area contributed by atoms with Crippen molar-refractivity contribution in [2.24, 2.45) is 5.92 Å². The summed E-state index contributed by atoms with van der Waals surface area (Å²) in [6.45, 7) is 3.13. The molecule has 0 aliphatic heterocycles. The van der Waals surface area contributed by atoms with E-state index in [4.69, 9.17) is 4.74 Å². The Morgan fingerprint density at radius 1 is 1.07 bits per heavy atom. The minimum atomic E-state index is 0.978. The minimum absolute atomic E-state index is 0.978. The van der Waals surface area contributed by atoms with Crippen molar-refractivity contribution in [2.45, 2.75) is 44.9 Å². The molecular formula is C12H25NO. The minimum Gasteiger partial charge on any atom is -0.381 e. The third kappa shape index (κ3) is 7.34. The first-order valence-electron chi connectivity index (χ1n) is 6.16. The smallest absolute Gasteiger partial charge is 0.0468 e. The van der Waals surface area contributed by atoms with Crippen LogP contribution in [0.3, 0.4) is 0 Å². The van der Waals surface area contributed by atoms with Crippen LogP contribution in [0.15, 0.2) is 0 Å². The van der Waals surface area contributed by atoms with E-state index in [1.807, 2.05) is 7.05 Å². The van der Waals surface area contributed by atoms with Gasteiger partial charge in [-0.2, -0.15) is 0 Å². The maximum Gasteiger partial charge on any atom is 0.0468 e. The topological polar surface area (TPSA) is 21.3 Å². The summed E-state index contributed by atoms with van der Waals surface area (Å²) in [5, 5.41) is 3.17. The maximum atomic E-state index is 5.58. The van der Waals surface area contributed by atoms with Crippen LogP contribution < -0.4 is 5.32 Å². The number of rotatable bonds is 10. The summed E-state index contributed by atoms with van der Waals surface area (Å²) in [6, 6.07) is 0. The molecule has 2 heteroatoms. The Kier molecular flexibility index (Phi) is 7.06. The largest absolute Gasteiger partial charge is 0.381 e. The molecule has 0 atom stereocenters. The second-order valence-electron chi connectivity index (χ2n) is 4.36. The molecule has 1 aliphatic rings. The molecule has 0 amide bonds. The van der Waals surface area contributed by atoms with E-state index in [9.17, 15) is 0 Å². The van der Waals surface area contributed by atoms with Crippen LogP contribution in [-0.2, 0) is 4.74 Å². The molecule has 0 unspecified atom stereocenters. The van der Waals surface area contributed by atoms with Crippen LogP contribution in [0.4, 0.5) is 0 Å². The van der Waals surface area contributed by atoms with Crippen molar-refractivity contribution in [2.75, 3.05) is 26.8 Å². The zero-order chi connectivity index (χ0) is 10.1. The lowest BCUT2D eigenvalue weighted by molar-refractivity contribution is 0.124. The van der Waals surface area contributed by atoms with Gasteiger partial charge >= 0.3 is 0 Å². The van der Waals surface area contributed by atoms with Gasteiger partial charge in [-0.25, -0.2) is 0 Å². The Labute approximate surface area is 88.4 Å². The number of ether oxygens (including phenoxy) is 1. The van der Waals surface area contributed by atoms with Gasteiger partial charge in [0.1, 0.15) is 0 Å². The SMILES string of the molecule is CNCCCCCCOCCC1CC1. The zero-order valence-electron chi connectivity index (χ0n) is 9.56. The van der Waals surface area contributed by atoms with Crippen molar-refractivity contribution in [3.8, 4) is 0 Å². The van der Waals surface area contributed by atoms with Crippen molar-refractivity contribution in [3.05, 3.63) is 0 Å². The number of nitrogens with one attached hydrogen (secondary N) is 1. The fourth-order valence-electron chi connectivity index (χ4n) is 1.62. The highest BCUT2D eigenvalue weighted by Gasteiger charge is 2.20. The van der Waals surface area contributed by atoms with Crippen LogP contribution in [-0.4, -0.2) is 26.8 Å². The molecule has 2 nitrogen and oxygen atoms in total. The van der Waals surface area contributed by atoms with Crippen LogP contribution in [0, 0.1) is 5.92 Å². The van der Waals surface area contributed by atoms with Gasteiger partial charge in [0.15, 0.2) is 0 Å². The van der Waals surface area contributed by atoms with E-state index >= 15 is 0 Å². The van der Waals surface area contributed by atoms with Crippen molar-refractivity contribution in [1.82, 2.24) is 5.32 Å². The predicted molar refractivity (Wildman–Crippen MR) is 60.6 cm³/mol. The highest BCUT2D eigenvalue weighted by atomic mass is 16.5. The molecule has 14 heavy (non-hydrogen) atoms. The van der Waals surface area contributed by atoms with E-state index in [1.165, 1.54) is 44.9 Å². The monoisotopic (exact) mass is 199 g/mol. The third-order valence-electron chi connectivity index (χ3n) is 2.83. The summed E-state index contributed by atoms with van der Waals surface area (Å²) in [4.78, 5) is 0. The fraction of sp³-hybridized carbons (Fsp3) is 1.00. The third-order valence-corrected chi connectivity index (χ3v) is 2.83. The Hall–Kier alpha value is -0.0800. The van der Waals surface area contributed by atoms with Gasteiger partial charge in [0, 0.05) is 13.2 Å². The molecule has 0 bridgehead atoms. The van der Waals surface area contributed by atoms with E-state index in [0.29, 0.717) is 0 Å². The zero-order valence-corrected chi connectivity index (χ0v) is 9.56. The van der Waals surface area contributed by atoms with Crippen molar-refractivity contribution in [3.63, 3.8) is 0 Å². The highest BCUT2D eigenvalue weighted by Crippen LogP contribution is 2.32. The van der Waals surface area contributed by atoms with Crippen LogP contribution in [0.25, 0.3) is 0 Å². The Bertz CT molecular complexity index is 123. The molecule has 1 N–H and O–H groups in total. The van der Waals surface area contributed by atoms with Crippen molar-refractivity contribution < 1.29 is 4.74 Å². The molecule has 1 fully saturated rings.